The van der Waals surface area contributed by atoms with Crippen molar-refractivity contribution in [3.63, 3.8) is 0 Å². The fourth-order valence-corrected chi connectivity index (χ4v) is 2.23. The van der Waals surface area contributed by atoms with Gasteiger partial charge in [0, 0.05) is 22.8 Å². The van der Waals surface area contributed by atoms with E-state index in [1.54, 1.807) is 12.1 Å². The van der Waals surface area contributed by atoms with Crippen molar-refractivity contribution in [1.29, 1.82) is 0 Å². The lowest BCUT2D eigenvalue weighted by atomic mass is 10.1. The minimum atomic E-state index is 0.631. The van der Waals surface area contributed by atoms with Gasteiger partial charge in [-0.25, -0.2) is 0 Å². The number of aryl methyl sites for hydroxylation is 1. The second-order valence-corrected chi connectivity index (χ2v) is 4.84. The van der Waals surface area contributed by atoms with E-state index in [0.717, 1.165) is 24.2 Å². The first-order valence-electron chi connectivity index (χ1n) is 6.24. The van der Waals surface area contributed by atoms with Crippen LogP contribution in [0.1, 0.15) is 22.8 Å². The van der Waals surface area contributed by atoms with Gasteiger partial charge < -0.3 is 4.90 Å². The maximum absolute atomic E-state index is 11.2. The molecule has 0 N–H and O–H groups in total. The molecule has 0 atom stereocenters. The van der Waals surface area contributed by atoms with Crippen LogP contribution in [0, 0.1) is 6.92 Å². The lowest BCUT2D eigenvalue weighted by molar-refractivity contribution is 0.112. The zero-order valence-corrected chi connectivity index (χ0v) is 11.8. The quantitative estimate of drug-likeness (QED) is 0.758. The van der Waals surface area contributed by atoms with Crippen LogP contribution < -0.4 is 4.90 Å². The van der Waals surface area contributed by atoms with Crippen LogP contribution in [0.4, 0.5) is 11.4 Å². The molecular weight excluding hydrogens is 258 g/mol. The van der Waals surface area contributed by atoms with Crippen LogP contribution in [0.25, 0.3) is 0 Å². The first kappa shape index (κ1) is 13.6. The molecule has 3 heteroatoms. The van der Waals surface area contributed by atoms with Crippen LogP contribution >= 0.6 is 11.6 Å². The van der Waals surface area contributed by atoms with Crippen LogP contribution in [0.2, 0.25) is 5.02 Å². The molecule has 0 aliphatic heterocycles. The Balaban J connectivity index is 2.50. The van der Waals surface area contributed by atoms with Gasteiger partial charge in [-0.3, -0.25) is 4.79 Å². The van der Waals surface area contributed by atoms with Crippen molar-refractivity contribution in [2.24, 2.45) is 0 Å². The Morgan fingerprint density at radius 1 is 1.16 bits per heavy atom. The largest absolute Gasteiger partial charge is 0.341 e. The molecule has 0 radical (unpaired) electrons. The van der Waals surface area contributed by atoms with Gasteiger partial charge in [0.2, 0.25) is 0 Å². The smallest absolute Gasteiger partial charge is 0.152 e. The molecule has 98 valence electrons. The van der Waals surface area contributed by atoms with E-state index in [2.05, 4.69) is 30.9 Å². The van der Waals surface area contributed by atoms with Crippen molar-refractivity contribution < 1.29 is 4.79 Å². The van der Waals surface area contributed by atoms with Gasteiger partial charge in [-0.1, -0.05) is 29.3 Å². The minimum Gasteiger partial charge on any atom is -0.341 e. The summed E-state index contributed by atoms with van der Waals surface area (Å²) in [5.74, 6) is 0. The molecule has 0 saturated heterocycles. The van der Waals surface area contributed by atoms with Gasteiger partial charge in [-0.2, -0.15) is 0 Å². The van der Waals surface area contributed by atoms with Gasteiger partial charge in [-0.15, -0.1) is 0 Å². The summed E-state index contributed by atoms with van der Waals surface area (Å²) in [6.45, 7) is 4.87. The molecule has 0 amide bonds. The normalized spacial score (nSPS) is 10.3. The first-order chi connectivity index (χ1) is 9.15. The summed E-state index contributed by atoms with van der Waals surface area (Å²) in [6, 6.07) is 13.5. The van der Waals surface area contributed by atoms with Crippen molar-refractivity contribution in [3.05, 3.63) is 58.6 Å². The van der Waals surface area contributed by atoms with E-state index in [1.807, 2.05) is 18.2 Å². The Kier molecular flexibility index (Phi) is 4.23. The number of anilines is 2. The highest BCUT2D eigenvalue weighted by atomic mass is 35.5. The fourth-order valence-electron chi connectivity index (χ4n) is 2.07. The summed E-state index contributed by atoms with van der Waals surface area (Å²) in [4.78, 5) is 13.3. The molecule has 0 aliphatic carbocycles. The second kappa shape index (κ2) is 5.89. The number of aldehydes is 1. The van der Waals surface area contributed by atoms with E-state index in [0.29, 0.717) is 10.6 Å². The number of carbonyl (C=O) groups excluding carboxylic acids is 1. The molecule has 2 nitrogen and oxygen atoms in total. The van der Waals surface area contributed by atoms with Crippen molar-refractivity contribution in [3.8, 4) is 0 Å². The standard InChI is InChI=1S/C16H16ClNO/c1-3-18(15-8-4-12(2)5-9-15)16-10-14(17)7-6-13(16)11-19/h4-11H,3H2,1-2H3. The van der Waals surface area contributed by atoms with E-state index < -0.39 is 0 Å². The fraction of sp³-hybridized carbons (Fsp3) is 0.188. The summed E-state index contributed by atoms with van der Waals surface area (Å²) >= 11 is 6.04. The molecule has 0 aliphatic rings. The van der Waals surface area contributed by atoms with Crippen molar-refractivity contribution >= 4 is 29.3 Å². The number of hydrogen-bond donors (Lipinski definition) is 0. The number of nitrogens with zero attached hydrogens (tertiary/aromatic N) is 1. The number of rotatable bonds is 4. The van der Waals surface area contributed by atoms with Gasteiger partial charge in [-0.05, 0) is 44.2 Å². The van der Waals surface area contributed by atoms with E-state index >= 15 is 0 Å². The van der Waals surface area contributed by atoms with Crippen molar-refractivity contribution in [1.82, 2.24) is 0 Å². The Labute approximate surface area is 118 Å². The molecule has 0 heterocycles. The molecule has 0 spiro atoms. The highest BCUT2D eigenvalue weighted by molar-refractivity contribution is 6.31. The Morgan fingerprint density at radius 3 is 2.42 bits per heavy atom. The predicted octanol–water partition coefficient (Wildman–Crippen LogP) is 4.62. The molecule has 0 unspecified atom stereocenters. The third kappa shape index (κ3) is 2.96. The maximum Gasteiger partial charge on any atom is 0.152 e. The summed E-state index contributed by atoms with van der Waals surface area (Å²) < 4.78 is 0. The van der Waals surface area contributed by atoms with Crippen LogP contribution in [0.5, 0.6) is 0 Å². The second-order valence-electron chi connectivity index (χ2n) is 4.40. The zero-order valence-electron chi connectivity index (χ0n) is 11.1. The van der Waals surface area contributed by atoms with E-state index in [1.165, 1.54) is 5.56 Å². The van der Waals surface area contributed by atoms with Gasteiger partial charge in [0.15, 0.2) is 6.29 Å². The summed E-state index contributed by atoms with van der Waals surface area (Å²) in [6.07, 6.45) is 0.864. The van der Waals surface area contributed by atoms with Gasteiger partial charge in [0.05, 0.1) is 5.69 Å². The molecule has 2 rings (SSSR count). The third-order valence-electron chi connectivity index (χ3n) is 3.07. The molecule has 19 heavy (non-hydrogen) atoms. The molecule has 0 aromatic heterocycles. The molecule has 2 aromatic rings. The molecule has 0 saturated carbocycles. The highest BCUT2D eigenvalue weighted by Crippen LogP contribution is 2.30. The van der Waals surface area contributed by atoms with Crippen LogP contribution in [-0.4, -0.2) is 12.8 Å². The monoisotopic (exact) mass is 273 g/mol. The van der Waals surface area contributed by atoms with E-state index in [4.69, 9.17) is 11.6 Å². The lowest BCUT2D eigenvalue weighted by Crippen LogP contribution is -2.17. The molecule has 2 aromatic carbocycles. The van der Waals surface area contributed by atoms with Crippen molar-refractivity contribution in [2.75, 3.05) is 11.4 Å². The lowest BCUT2D eigenvalue weighted by Gasteiger charge is -2.25. The van der Waals surface area contributed by atoms with Crippen LogP contribution in [-0.2, 0) is 0 Å². The minimum absolute atomic E-state index is 0.631. The number of hydrogen-bond acceptors (Lipinski definition) is 2. The number of carbonyl (C=O) groups is 1. The van der Waals surface area contributed by atoms with Gasteiger partial charge in [0.25, 0.3) is 0 Å². The average molecular weight is 274 g/mol. The van der Waals surface area contributed by atoms with E-state index in [9.17, 15) is 4.79 Å². The maximum atomic E-state index is 11.2. The van der Waals surface area contributed by atoms with Crippen molar-refractivity contribution in [2.45, 2.75) is 13.8 Å². The average Bonchev–Trinajstić information content (AvgIpc) is 2.42. The van der Waals surface area contributed by atoms with Crippen LogP contribution in [0.15, 0.2) is 42.5 Å². The van der Waals surface area contributed by atoms with Gasteiger partial charge >= 0.3 is 0 Å². The highest BCUT2D eigenvalue weighted by Gasteiger charge is 2.12. The Morgan fingerprint density at radius 2 is 1.84 bits per heavy atom. The molecule has 0 fully saturated rings. The predicted molar refractivity (Wildman–Crippen MR) is 80.7 cm³/mol. The summed E-state index contributed by atoms with van der Waals surface area (Å²) in [5.41, 5.74) is 3.75. The Bertz CT molecular complexity index is 578. The molecular formula is C16H16ClNO. The van der Waals surface area contributed by atoms with E-state index in [-0.39, 0.29) is 0 Å². The van der Waals surface area contributed by atoms with Crippen LogP contribution in [0.3, 0.4) is 0 Å². The topological polar surface area (TPSA) is 20.3 Å². The zero-order chi connectivity index (χ0) is 13.8. The third-order valence-corrected chi connectivity index (χ3v) is 3.31. The number of halogens is 1. The Hall–Kier alpha value is -1.80. The summed E-state index contributed by atoms with van der Waals surface area (Å²) in [7, 11) is 0. The molecule has 0 bridgehead atoms. The summed E-state index contributed by atoms with van der Waals surface area (Å²) in [5, 5.41) is 0.631. The SMILES string of the molecule is CCN(c1ccc(C)cc1)c1cc(Cl)ccc1C=O. The first-order valence-corrected chi connectivity index (χ1v) is 6.62. The number of benzene rings is 2. The van der Waals surface area contributed by atoms with Gasteiger partial charge in [0.1, 0.15) is 0 Å².